The van der Waals surface area contributed by atoms with Gasteiger partial charge in [-0.25, -0.2) is 0 Å². The average molecular weight is 371 g/mol. The first kappa shape index (κ1) is 23.8. The summed E-state index contributed by atoms with van der Waals surface area (Å²) >= 11 is 0. The molecule has 0 fully saturated rings. The summed E-state index contributed by atoms with van der Waals surface area (Å²) in [4.78, 5) is 0. The average Bonchev–Trinajstić information content (AvgIpc) is 2.45. The first-order chi connectivity index (χ1) is 11.3. The van der Waals surface area contributed by atoms with E-state index in [0.29, 0.717) is 52.7 Å². The van der Waals surface area contributed by atoms with E-state index in [1.165, 1.54) is 0 Å². The lowest BCUT2D eigenvalue weighted by molar-refractivity contribution is 0.00326. The predicted molar refractivity (Wildman–Crippen MR) is 92.8 cm³/mol. The van der Waals surface area contributed by atoms with Crippen molar-refractivity contribution in [2.24, 2.45) is 0 Å². The Balaban J connectivity index is 3.31. The molecule has 0 aliphatic heterocycles. The van der Waals surface area contributed by atoms with Crippen LogP contribution in [0, 0.1) is 0 Å². The van der Waals surface area contributed by atoms with Gasteiger partial charge in [0.2, 0.25) is 0 Å². The molecule has 0 aliphatic rings. The van der Waals surface area contributed by atoms with Gasteiger partial charge in [-0.05, 0) is 33.6 Å². The Kier molecular flexibility index (Phi) is 13.8. The molecule has 0 aromatic rings. The minimum absolute atomic E-state index is 0.0520. The second-order valence-electron chi connectivity index (χ2n) is 6.35. The molecule has 0 radical (unpaired) electrons. The topological polar surface area (TPSA) is 80.3 Å². The summed E-state index contributed by atoms with van der Waals surface area (Å²) in [6.45, 7) is 9.11. The van der Waals surface area contributed by atoms with E-state index in [1.54, 1.807) is 27.9 Å². The van der Waals surface area contributed by atoms with E-state index < -0.39 is 15.7 Å². The Morgan fingerprint density at radius 3 is 1.71 bits per heavy atom. The van der Waals surface area contributed by atoms with E-state index in [0.717, 1.165) is 12.8 Å². The van der Waals surface area contributed by atoms with Gasteiger partial charge in [0.1, 0.15) is 0 Å². The van der Waals surface area contributed by atoms with Crippen molar-refractivity contribution in [3.63, 3.8) is 0 Å². The Bertz CT molecular complexity index is 376. The fraction of sp³-hybridized carbons (Fsp3) is 1.00. The maximum atomic E-state index is 11.7. The largest absolute Gasteiger partial charge is 0.382 e. The van der Waals surface area contributed by atoms with Crippen LogP contribution in [-0.4, -0.2) is 73.1 Å². The summed E-state index contributed by atoms with van der Waals surface area (Å²) in [5.41, 5.74) is -0.670. The standard InChI is InChI=1S/C16H34O7S/c1-16(2,3)23-24(17,18)15-7-5-6-8-20-11-12-22-14-13-21-10-9-19-4/h5-15H2,1-4H3. The third-order valence-electron chi connectivity index (χ3n) is 2.74. The van der Waals surface area contributed by atoms with E-state index in [2.05, 4.69) is 0 Å². The van der Waals surface area contributed by atoms with Gasteiger partial charge in [-0.15, -0.1) is 0 Å². The van der Waals surface area contributed by atoms with Crippen LogP contribution in [0.25, 0.3) is 0 Å². The second kappa shape index (κ2) is 14.0. The maximum Gasteiger partial charge on any atom is 0.267 e. The minimum Gasteiger partial charge on any atom is -0.382 e. The smallest absolute Gasteiger partial charge is 0.267 e. The summed E-state index contributed by atoms with van der Waals surface area (Å²) in [6, 6.07) is 0. The zero-order chi connectivity index (χ0) is 18.3. The highest BCUT2D eigenvalue weighted by Gasteiger charge is 2.21. The summed E-state index contributed by atoms with van der Waals surface area (Å²) in [5.74, 6) is 0.0520. The van der Waals surface area contributed by atoms with Crippen molar-refractivity contribution in [1.82, 2.24) is 0 Å². The quantitative estimate of drug-likeness (QED) is 0.304. The van der Waals surface area contributed by atoms with E-state index in [-0.39, 0.29) is 5.75 Å². The molecular formula is C16H34O7S. The fourth-order valence-electron chi connectivity index (χ4n) is 1.77. The number of hydrogen-bond acceptors (Lipinski definition) is 7. The predicted octanol–water partition coefficient (Wildman–Crippen LogP) is 2.00. The van der Waals surface area contributed by atoms with Crippen LogP contribution in [0.1, 0.15) is 40.0 Å². The number of rotatable bonds is 16. The zero-order valence-corrected chi connectivity index (χ0v) is 16.4. The summed E-state index contributed by atoms with van der Waals surface area (Å²) in [5, 5.41) is 0. The number of ether oxygens (including phenoxy) is 4. The molecule has 0 N–H and O–H groups in total. The van der Waals surface area contributed by atoms with Crippen molar-refractivity contribution < 1.29 is 31.5 Å². The summed E-state index contributed by atoms with van der Waals surface area (Å²) in [6.07, 6.45) is 2.20. The molecule has 0 amide bonds. The van der Waals surface area contributed by atoms with Crippen LogP contribution < -0.4 is 0 Å². The minimum atomic E-state index is -3.44. The van der Waals surface area contributed by atoms with Crippen LogP contribution in [0.15, 0.2) is 0 Å². The normalized spacial score (nSPS) is 12.7. The van der Waals surface area contributed by atoms with Crippen LogP contribution in [0.3, 0.4) is 0 Å². The molecule has 0 spiro atoms. The van der Waals surface area contributed by atoms with E-state index >= 15 is 0 Å². The van der Waals surface area contributed by atoms with Crippen molar-refractivity contribution in [1.29, 1.82) is 0 Å². The molecule has 0 aromatic carbocycles. The van der Waals surface area contributed by atoms with Crippen LogP contribution in [-0.2, 0) is 33.2 Å². The summed E-state index contributed by atoms with van der Waals surface area (Å²) in [7, 11) is -1.80. The Hall–Kier alpha value is -0.250. The molecule has 0 aliphatic carbocycles. The molecule has 0 aromatic heterocycles. The van der Waals surface area contributed by atoms with Gasteiger partial charge in [0.25, 0.3) is 10.1 Å². The first-order valence-electron chi connectivity index (χ1n) is 8.42. The molecule has 0 rings (SSSR count). The first-order valence-corrected chi connectivity index (χ1v) is 10.00. The maximum absolute atomic E-state index is 11.7. The molecule has 8 heteroatoms. The third kappa shape index (κ3) is 18.1. The number of hydrogen-bond donors (Lipinski definition) is 0. The molecular weight excluding hydrogens is 336 g/mol. The van der Waals surface area contributed by atoms with Gasteiger partial charge in [0, 0.05) is 13.7 Å². The Morgan fingerprint density at radius 2 is 1.21 bits per heavy atom. The molecule has 146 valence electrons. The number of unbranched alkanes of at least 4 members (excludes halogenated alkanes) is 2. The lowest BCUT2D eigenvalue weighted by Crippen LogP contribution is -2.25. The molecule has 0 saturated carbocycles. The highest BCUT2D eigenvalue weighted by atomic mass is 32.2. The van der Waals surface area contributed by atoms with Gasteiger partial charge in [-0.1, -0.05) is 6.42 Å². The van der Waals surface area contributed by atoms with Crippen LogP contribution >= 0.6 is 0 Å². The van der Waals surface area contributed by atoms with Crippen LogP contribution in [0.2, 0.25) is 0 Å². The van der Waals surface area contributed by atoms with Crippen molar-refractivity contribution in [2.75, 3.05) is 59.1 Å². The second-order valence-corrected chi connectivity index (χ2v) is 8.04. The monoisotopic (exact) mass is 370 g/mol. The van der Waals surface area contributed by atoms with Crippen molar-refractivity contribution in [2.45, 2.75) is 45.6 Å². The van der Waals surface area contributed by atoms with Gasteiger partial charge < -0.3 is 18.9 Å². The lowest BCUT2D eigenvalue weighted by Gasteiger charge is -2.18. The lowest BCUT2D eigenvalue weighted by atomic mass is 10.2. The zero-order valence-electron chi connectivity index (χ0n) is 15.5. The third-order valence-corrected chi connectivity index (χ3v) is 4.28. The van der Waals surface area contributed by atoms with E-state index in [4.69, 9.17) is 23.1 Å². The Morgan fingerprint density at radius 1 is 0.708 bits per heavy atom. The van der Waals surface area contributed by atoms with Crippen LogP contribution in [0.4, 0.5) is 0 Å². The van der Waals surface area contributed by atoms with E-state index in [9.17, 15) is 8.42 Å². The summed E-state index contributed by atoms with van der Waals surface area (Å²) < 4.78 is 49.3. The fourth-order valence-corrected chi connectivity index (χ4v) is 3.17. The van der Waals surface area contributed by atoms with Crippen LogP contribution in [0.5, 0.6) is 0 Å². The SMILES string of the molecule is COCCOCCOCCOCCCCCS(=O)(=O)OC(C)(C)C. The van der Waals surface area contributed by atoms with E-state index in [1.807, 2.05) is 0 Å². The number of methoxy groups -OCH3 is 1. The van der Waals surface area contributed by atoms with Gasteiger partial charge in [0.05, 0.1) is 51.0 Å². The van der Waals surface area contributed by atoms with Gasteiger partial charge in [0.15, 0.2) is 0 Å². The van der Waals surface area contributed by atoms with Gasteiger partial charge in [-0.3, -0.25) is 4.18 Å². The van der Waals surface area contributed by atoms with Gasteiger partial charge >= 0.3 is 0 Å². The Labute approximate surface area is 147 Å². The molecule has 24 heavy (non-hydrogen) atoms. The molecule has 0 bridgehead atoms. The molecule has 0 unspecified atom stereocenters. The molecule has 0 atom stereocenters. The highest BCUT2D eigenvalue weighted by Crippen LogP contribution is 2.13. The highest BCUT2D eigenvalue weighted by molar-refractivity contribution is 7.86. The van der Waals surface area contributed by atoms with Crippen molar-refractivity contribution in [3.8, 4) is 0 Å². The molecule has 0 saturated heterocycles. The molecule has 0 heterocycles. The van der Waals surface area contributed by atoms with Gasteiger partial charge in [-0.2, -0.15) is 8.42 Å². The van der Waals surface area contributed by atoms with Crippen molar-refractivity contribution >= 4 is 10.1 Å². The molecule has 7 nitrogen and oxygen atoms in total. The van der Waals surface area contributed by atoms with Crippen molar-refractivity contribution in [3.05, 3.63) is 0 Å².